The standard InChI is InChI=1S/C9H7F2NO3/c10-4-1-5(8(14)6(11)2-4)9(15)7(13)3-12/h1-2,7,9,13-15H. The van der Waals surface area contributed by atoms with Gasteiger partial charge in [-0.15, -0.1) is 0 Å². The molecule has 0 amide bonds. The number of halogens is 2. The number of phenols is 1. The molecule has 0 fully saturated rings. The van der Waals surface area contributed by atoms with E-state index in [1.807, 2.05) is 0 Å². The second kappa shape index (κ2) is 4.21. The van der Waals surface area contributed by atoms with E-state index in [-0.39, 0.29) is 0 Å². The number of phenolic OH excluding ortho intramolecular Hbond substituents is 1. The molecule has 0 bridgehead atoms. The van der Waals surface area contributed by atoms with Crippen LogP contribution in [0.25, 0.3) is 0 Å². The zero-order valence-corrected chi connectivity index (χ0v) is 7.35. The molecule has 4 nitrogen and oxygen atoms in total. The van der Waals surface area contributed by atoms with Crippen LogP contribution in [0.2, 0.25) is 0 Å². The zero-order chi connectivity index (χ0) is 11.6. The molecule has 0 spiro atoms. The van der Waals surface area contributed by atoms with E-state index in [1.54, 1.807) is 0 Å². The van der Waals surface area contributed by atoms with Crippen LogP contribution < -0.4 is 0 Å². The molecule has 0 saturated heterocycles. The van der Waals surface area contributed by atoms with Gasteiger partial charge in [0.2, 0.25) is 0 Å². The summed E-state index contributed by atoms with van der Waals surface area (Å²) >= 11 is 0. The highest BCUT2D eigenvalue weighted by atomic mass is 19.1. The summed E-state index contributed by atoms with van der Waals surface area (Å²) in [6.07, 6.45) is -3.72. The molecule has 0 saturated carbocycles. The third-order valence-corrected chi connectivity index (χ3v) is 1.81. The Balaban J connectivity index is 3.20. The van der Waals surface area contributed by atoms with Gasteiger partial charge in [0.25, 0.3) is 0 Å². The fraction of sp³-hybridized carbons (Fsp3) is 0.222. The number of aromatic hydroxyl groups is 1. The number of nitriles is 1. The van der Waals surface area contributed by atoms with Crippen LogP contribution in [0.4, 0.5) is 8.78 Å². The van der Waals surface area contributed by atoms with Crippen molar-refractivity contribution in [2.75, 3.05) is 0 Å². The fourth-order valence-corrected chi connectivity index (χ4v) is 1.05. The predicted molar refractivity (Wildman–Crippen MR) is 44.6 cm³/mol. The molecule has 0 heterocycles. The summed E-state index contributed by atoms with van der Waals surface area (Å²) in [5.74, 6) is -3.28. The number of aliphatic hydroxyl groups excluding tert-OH is 2. The van der Waals surface area contributed by atoms with Crippen LogP contribution in [0.3, 0.4) is 0 Å². The van der Waals surface area contributed by atoms with Crippen LogP contribution >= 0.6 is 0 Å². The van der Waals surface area contributed by atoms with Crippen LogP contribution in [0, 0.1) is 23.0 Å². The third-order valence-electron chi connectivity index (χ3n) is 1.81. The van der Waals surface area contributed by atoms with Crippen molar-refractivity contribution >= 4 is 0 Å². The second-order valence-electron chi connectivity index (χ2n) is 2.84. The van der Waals surface area contributed by atoms with Crippen molar-refractivity contribution in [3.8, 4) is 11.8 Å². The van der Waals surface area contributed by atoms with E-state index < -0.39 is 35.2 Å². The third kappa shape index (κ3) is 2.21. The summed E-state index contributed by atoms with van der Waals surface area (Å²) in [6, 6.07) is 2.34. The molecule has 2 unspecified atom stereocenters. The molecule has 1 aromatic rings. The van der Waals surface area contributed by atoms with Gasteiger partial charge in [0.05, 0.1) is 6.07 Å². The Morgan fingerprint density at radius 1 is 1.27 bits per heavy atom. The molecule has 6 heteroatoms. The molecule has 1 aromatic carbocycles. The Morgan fingerprint density at radius 2 is 1.87 bits per heavy atom. The first kappa shape index (κ1) is 11.4. The highest BCUT2D eigenvalue weighted by molar-refractivity contribution is 5.37. The maximum atomic E-state index is 12.8. The maximum absolute atomic E-state index is 12.8. The molecular weight excluding hydrogens is 208 g/mol. The molecule has 2 atom stereocenters. The number of nitrogens with zero attached hydrogens (tertiary/aromatic N) is 1. The van der Waals surface area contributed by atoms with Gasteiger partial charge in [-0.2, -0.15) is 5.26 Å². The number of hydrogen-bond acceptors (Lipinski definition) is 4. The Kier molecular flexibility index (Phi) is 3.19. The van der Waals surface area contributed by atoms with E-state index in [2.05, 4.69) is 0 Å². The first-order valence-electron chi connectivity index (χ1n) is 3.91. The van der Waals surface area contributed by atoms with Gasteiger partial charge in [-0.25, -0.2) is 8.78 Å². The van der Waals surface area contributed by atoms with Crippen LogP contribution in [0.5, 0.6) is 5.75 Å². The lowest BCUT2D eigenvalue weighted by Gasteiger charge is -2.13. The summed E-state index contributed by atoms with van der Waals surface area (Å²) in [5.41, 5.74) is -0.568. The first-order valence-corrected chi connectivity index (χ1v) is 3.91. The summed E-state index contributed by atoms with van der Waals surface area (Å²) < 4.78 is 25.5. The Bertz CT molecular complexity index is 417. The minimum absolute atomic E-state index is 0.421. The van der Waals surface area contributed by atoms with Crippen LogP contribution in [0.15, 0.2) is 12.1 Å². The summed E-state index contributed by atoms with van der Waals surface area (Å²) in [5, 5.41) is 35.6. The van der Waals surface area contributed by atoms with Gasteiger partial charge < -0.3 is 15.3 Å². The lowest BCUT2D eigenvalue weighted by molar-refractivity contribution is 0.0505. The Hall–Kier alpha value is -1.71. The fourth-order valence-electron chi connectivity index (χ4n) is 1.05. The lowest BCUT2D eigenvalue weighted by Crippen LogP contribution is -2.16. The van der Waals surface area contributed by atoms with E-state index in [1.165, 1.54) is 6.07 Å². The molecule has 1 rings (SSSR count). The average molecular weight is 215 g/mol. The zero-order valence-electron chi connectivity index (χ0n) is 7.35. The Labute approximate surface area is 83.6 Å². The van der Waals surface area contributed by atoms with Gasteiger partial charge in [-0.1, -0.05) is 0 Å². The van der Waals surface area contributed by atoms with Crippen LogP contribution in [-0.4, -0.2) is 21.4 Å². The molecule has 3 N–H and O–H groups in total. The molecule has 0 aliphatic rings. The normalized spacial score (nSPS) is 14.3. The van der Waals surface area contributed by atoms with E-state index in [0.29, 0.717) is 12.1 Å². The Morgan fingerprint density at radius 3 is 2.40 bits per heavy atom. The van der Waals surface area contributed by atoms with Crippen molar-refractivity contribution in [1.29, 1.82) is 5.26 Å². The van der Waals surface area contributed by atoms with Gasteiger partial charge in [0.15, 0.2) is 17.7 Å². The molecular formula is C9H7F2NO3. The molecule has 0 aliphatic heterocycles. The van der Waals surface area contributed by atoms with Crippen LogP contribution in [-0.2, 0) is 0 Å². The van der Waals surface area contributed by atoms with E-state index in [4.69, 9.17) is 15.5 Å². The van der Waals surface area contributed by atoms with Gasteiger partial charge in [0, 0.05) is 11.6 Å². The first-order chi connectivity index (χ1) is 6.97. The highest BCUT2D eigenvalue weighted by Gasteiger charge is 2.23. The largest absolute Gasteiger partial charge is 0.505 e. The minimum Gasteiger partial charge on any atom is -0.505 e. The van der Waals surface area contributed by atoms with E-state index >= 15 is 0 Å². The lowest BCUT2D eigenvalue weighted by atomic mass is 10.0. The number of aliphatic hydroxyl groups is 2. The van der Waals surface area contributed by atoms with E-state index in [9.17, 15) is 13.9 Å². The van der Waals surface area contributed by atoms with Gasteiger partial charge >= 0.3 is 0 Å². The topological polar surface area (TPSA) is 84.5 Å². The monoisotopic (exact) mass is 215 g/mol. The SMILES string of the molecule is N#CC(O)C(O)c1cc(F)cc(F)c1O. The smallest absolute Gasteiger partial charge is 0.170 e. The van der Waals surface area contributed by atoms with Crippen LogP contribution in [0.1, 0.15) is 11.7 Å². The quantitative estimate of drug-likeness (QED) is 0.630. The van der Waals surface area contributed by atoms with Crippen molar-refractivity contribution in [1.82, 2.24) is 0 Å². The summed E-state index contributed by atoms with van der Waals surface area (Å²) in [6.45, 7) is 0. The molecule has 15 heavy (non-hydrogen) atoms. The predicted octanol–water partition coefficient (Wildman–Crippen LogP) is 0.588. The van der Waals surface area contributed by atoms with Gasteiger partial charge in [-0.3, -0.25) is 0 Å². The minimum atomic E-state index is -1.86. The summed E-state index contributed by atoms with van der Waals surface area (Å²) in [7, 11) is 0. The van der Waals surface area contributed by atoms with Gasteiger partial charge in [-0.05, 0) is 6.07 Å². The maximum Gasteiger partial charge on any atom is 0.170 e. The highest BCUT2D eigenvalue weighted by Crippen LogP contribution is 2.29. The number of benzene rings is 1. The number of rotatable bonds is 2. The average Bonchev–Trinajstić information content (AvgIpc) is 2.21. The summed E-state index contributed by atoms with van der Waals surface area (Å²) in [4.78, 5) is 0. The van der Waals surface area contributed by atoms with Crippen molar-refractivity contribution in [2.45, 2.75) is 12.2 Å². The van der Waals surface area contributed by atoms with Crippen molar-refractivity contribution in [3.05, 3.63) is 29.3 Å². The van der Waals surface area contributed by atoms with E-state index in [0.717, 1.165) is 0 Å². The number of hydrogen-bond donors (Lipinski definition) is 3. The molecule has 0 aromatic heterocycles. The second-order valence-corrected chi connectivity index (χ2v) is 2.84. The van der Waals surface area contributed by atoms with Crippen molar-refractivity contribution in [3.63, 3.8) is 0 Å². The molecule has 0 aliphatic carbocycles. The van der Waals surface area contributed by atoms with Gasteiger partial charge in [0.1, 0.15) is 11.9 Å². The molecule has 80 valence electrons. The van der Waals surface area contributed by atoms with Crippen molar-refractivity contribution in [2.24, 2.45) is 0 Å². The van der Waals surface area contributed by atoms with Crippen molar-refractivity contribution < 1.29 is 24.1 Å². The molecule has 0 radical (unpaired) electrons.